The fourth-order valence-electron chi connectivity index (χ4n) is 8.19. The van der Waals surface area contributed by atoms with Crippen LogP contribution in [-0.4, -0.2) is 19.9 Å². The number of allylic oxidation sites excluding steroid dienone is 2. The maximum Gasteiger partial charge on any atom is 0.182 e. The molecular formula is C49H34N4O2. The summed E-state index contributed by atoms with van der Waals surface area (Å²) < 4.78 is 13.6. The van der Waals surface area contributed by atoms with Gasteiger partial charge in [-0.3, -0.25) is 4.98 Å². The van der Waals surface area contributed by atoms with E-state index in [9.17, 15) is 0 Å². The highest BCUT2D eigenvalue weighted by molar-refractivity contribution is 5.92. The van der Waals surface area contributed by atoms with Gasteiger partial charge in [-0.1, -0.05) is 139 Å². The number of ether oxygens (including phenoxy) is 2. The molecular weight excluding hydrogens is 677 g/mol. The molecule has 3 heterocycles. The van der Waals surface area contributed by atoms with Gasteiger partial charge in [-0.25, -0.2) is 15.0 Å². The second kappa shape index (κ2) is 13.0. The SMILES string of the molecule is C/C=C(\C)C1(c2ccccc2)c2ccccc2-c2c1ccc1c2Oc2ccc(-c3ccccc3-c3nc(-c4ccccc4)nc(-c4ccccn4)n3)cc2O1. The number of aromatic nitrogens is 4. The maximum absolute atomic E-state index is 6.87. The van der Waals surface area contributed by atoms with Crippen LogP contribution >= 0.6 is 0 Å². The Morgan fingerprint density at radius 2 is 1.20 bits per heavy atom. The van der Waals surface area contributed by atoms with Crippen LogP contribution in [0.3, 0.4) is 0 Å². The molecule has 0 radical (unpaired) electrons. The molecule has 2 aromatic heterocycles. The zero-order valence-corrected chi connectivity index (χ0v) is 30.3. The molecule has 6 aromatic carbocycles. The molecule has 0 N–H and O–H groups in total. The van der Waals surface area contributed by atoms with Crippen molar-refractivity contribution >= 4 is 0 Å². The second-order valence-corrected chi connectivity index (χ2v) is 13.7. The minimum absolute atomic E-state index is 0.458. The lowest BCUT2D eigenvalue weighted by molar-refractivity contribution is 0.360. The van der Waals surface area contributed by atoms with Crippen molar-refractivity contribution in [1.29, 1.82) is 0 Å². The minimum Gasteiger partial charge on any atom is -0.449 e. The Hall–Kier alpha value is -7.18. The third-order valence-electron chi connectivity index (χ3n) is 10.8. The highest BCUT2D eigenvalue weighted by Gasteiger charge is 2.48. The van der Waals surface area contributed by atoms with Crippen molar-refractivity contribution in [3.8, 4) is 79.5 Å². The van der Waals surface area contributed by atoms with Gasteiger partial charge >= 0.3 is 0 Å². The van der Waals surface area contributed by atoms with Crippen LogP contribution in [0.4, 0.5) is 0 Å². The molecule has 0 saturated carbocycles. The van der Waals surface area contributed by atoms with Crippen LogP contribution < -0.4 is 9.47 Å². The van der Waals surface area contributed by atoms with Gasteiger partial charge in [0, 0.05) is 22.9 Å². The number of nitrogens with zero attached hydrogens (tertiary/aromatic N) is 4. The summed E-state index contributed by atoms with van der Waals surface area (Å²) in [5.74, 6) is 4.34. The summed E-state index contributed by atoms with van der Waals surface area (Å²) in [6.45, 7) is 4.34. The van der Waals surface area contributed by atoms with Crippen molar-refractivity contribution < 1.29 is 9.47 Å². The first-order valence-electron chi connectivity index (χ1n) is 18.4. The third-order valence-corrected chi connectivity index (χ3v) is 10.8. The zero-order valence-electron chi connectivity index (χ0n) is 30.3. The van der Waals surface area contributed by atoms with Crippen molar-refractivity contribution in [2.45, 2.75) is 19.3 Å². The van der Waals surface area contributed by atoms with Crippen molar-refractivity contribution in [3.05, 3.63) is 192 Å². The third kappa shape index (κ3) is 5.17. The predicted octanol–water partition coefficient (Wildman–Crippen LogP) is 12.1. The van der Waals surface area contributed by atoms with E-state index in [-0.39, 0.29) is 0 Å². The molecule has 0 amide bonds. The molecule has 55 heavy (non-hydrogen) atoms. The number of fused-ring (bicyclic) bond motifs is 6. The lowest BCUT2D eigenvalue weighted by Crippen LogP contribution is -2.28. The Kier molecular flexibility index (Phi) is 7.70. The highest BCUT2D eigenvalue weighted by Crippen LogP contribution is 2.62. The van der Waals surface area contributed by atoms with Crippen LogP contribution in [0.25, 0.3) is 56.5 Å². The van der Waals surface area contributed by atoms with Crippen molar-refractivity contribution in [1.82, 2.24) is 19.9 Å². The lowest BCUT2D eigenvalue weighted by atomic mass is 9.67. The molecule has 1 aliphatic carbocycles. The van der Waals surface area contributed by atoms with E-state index in [1.807, 2.05) is 78.9 Å². The first-order chi connectivity index (χ1) is 27.1. The Morgan fingerprint density at radius 1 is 0.527 bits per heavy atom. The fraction of sp³-hybridized carbons (Fsp3) is 0.0612. The molecule has 6 nitrogen and oxygen atoms in total. The van der Waals surface area contributed by atoms with Gasteiger partial charge in [-0.15, -0.1) is 0 Å². The summed E-state index contributed by atoms with van der Waals surface area (Å²) in [7, 11) is 0. The largest absolute Gasteiger partial charge is 0.449 e. The Bertz CT molecular complexity index is 2730. The summed E-state index contributed by atoms with van der Waals surface area (Å²) in [5.41, 5.74) is 11.0. The van der Waals surface area contributed by atoms with Gasteiger partial charge in [0.1, 0.15) is 5.69 Å². The molecule has 6 heteroatoms. The quantitative estimate of drug-likeness (QED) is 0.160. The number of rotatable bonds is 6. The topological polar surface area (TPSA) is 70.0 Å². The number of hydrogen-bond acceptors (Lipinski definition) is 6. The molecule has 1 unspecified atom stereocenters. The number of pyridine rings is 1. The second-order valence-electron chi connectivity index (χ2n) is 13.7. The lowest BCUT2D eigenvalue weighted by Gasteiger charge is -2.34. The van der Waals surface area contributed by atoms with Crippen molar-refractivity contribution in [2.24, 2.45) is 0 Å². The van der Waals surface area contributed by atoms with Gasteiger partial charge < -0.3 is 9.47 Å². The number of hydrogen-bond donors (Lipinski definition) is 0. The van der Waals surface area contributed by atoms with Gasteiger partial charge in [0.2, 0.25) is 0 Å². The summed E-state index contributed by atoms with van der Waals surface area (Å²) >= 11 is 0. The normalized spacial score (nSPS) is 15.2. The smallest absolute Gasteiger partial charge is 0.182 e. The van der Waals surface area contributed by atoms with Gasteiger partial charge in [0.15, 0.2) is 40.5 Å². The van der Waals surface area contributed by atoms with Crippen LogP contribution in [-0.2, 0) is 5.41 Å². The van der Waals surface area contributed by atoms with Crippen LogP contribution in [0.15, 0.2) is 176 Å². The van der Waals surface area contributed by atoms with Crippen molar-refractivity contribution in [2.75, 3.05) is 0 Å². The monoisotopic (exact) mass is 710 g/mol. The summed E-state index contributed by atoms with van der Waals surface area (Å²) in [6, 6.07) is 53.6. The first-order valence-corrected chi connectivity index (χ1v) is 18.4. The van der Waals surface area contributed by atoms with E-state index in [2.05, 4.69) is 104 Å². The van der Waals surface area contributed by atoms with E-state index in [4.69, 9.17) is 24.4 Å². The van der Waals surface area contributed by atoms with Crippen LogP contribution in [0, 0.1) is 0 Å². The van der Waals surface area contributed by atoms with Gasteiger partial charge in [-0.2, -0.15) is 0 Å². The van der Waals surface area contributed by atoms with E-state index in [0.29, 0.717) is 40.4 Å². The molecule has 1 aliphatic heterocycles. The van der Waals surface area contributed by atoms with E-state index < -0.39 is 5.41 Å². The number of benzene rings is 6. The summed E-state index contributed by atoms with van der Waals surface area (Å²) in [4.78, 5) is 19.3. The van der Waals surface area contributed by atoms with E-state index in [1.54, 1.807) is 6.20 Å². The average molecular weight is 711 g/mol. The summed E-state index contributed by atoms with van der Waals surface area (Å²) in [6.07, 6.45) is 3.97. The first kappa shape index (κ1) is 32.5. The Morgan fingerprint density at radius 3 is 1.98 bits per heavy atom. The Labute approximate surface area is 319 Å². The van der Waals surface area contributed by atoms with E-state index in [1.165, 1.54) is 22.3 Å². The predicted molar refractivity (Wildman–Crippen MR) is 217 cm³/mol. The fourth-order valence-corrected chi connectivity index (χ4v) is 8.19. The highest BCUT2D eigenvalue weighted by atomic mass is 16.6. The standard InChI is InChI=1S/C49H34N4O2/c1-3-31(2)49(34-18-8-5-9-19-34)38-23-13-12-22-37(38)44-39(49)26-28-42-45(44)55-41-27-25-33(30-43(41)54-42)35-20-10-11-21-36(35)47-51-46(32-16-6-4-7-17-32)52-48(53-47)40-24-14-15-29-50-40/h3-30H,1-2H3/b31-3+. The van der Waals surface area contributed by atoms with Crippen LogP contribution in [0.5, 0.6) is 23.0 Å². The minimum atomic E-state index is -0.458. The molecule has 0 bridgehead atoms. The van der Waals surface area contributed by atoms with Crippen LogP contribution in [0.2, 0.25) is 0 Å². The van der Waals surface area contributed by atoms with Crippen LogP contribution in [0.1, 0.15) is 30.5 Å². The molecule has 2 aliphatic rings. The van der Waals surface area contributed by atoms with Gasteiger partial charge in [0.05, 0.1) is 5.41 Å². The van der Waals surface area contributed by atoms with E-state index in [0.717, 1.165) is 39.1 Å². The molecule has 262 valence electrons. The molecule has 0 fully saturated rings. The van der Waals surface area contributed by atoms with Crippen molar-refractivity contribution in [3.63, 3.8) is 0 Å². The maximum atomic E-state index is 6.87. The van der Waals surface area contributed by atoms with Gasteiger partial charge in [0.25, 0.3) is 0 Å². The molecule has 0 saturated heterocycles. The molecule has 1 atom stereocenters. The summed E-state index contributed by atoms with van der Waals surface area (Å²) in [5, 5.41) is 0. The zero-order chi connectivity index (χ0) is 36.9. The molecule has 0 spiro atoms. The van der Waals surface area contributed by atoms with E-state index >= 15 is 0 Å². The van der Waals surface area contributed by atoms with Gasteiger partial charge in [-0.05, 0) is 77.6 Å². The average Bonchev–Trinajstić information content (AvgIpc) is 3.57. The molecule has 10 rings (SSSR count). The molecule has 8 aromatic rings. The Balaban J connectivity index is 1.08.